The summed E-state index contributed by atoms with van der Waals surface area (Å²) in [6.45, 7) is -0.558. The van der Waals surface area contributed by atoms with E-state index < -0.39 is 24.4 Å². The van der Waals surface area contributed by atoms with Crippen molar-refractivity contribution in [3.8, 4) is 11.5 Å². The number of carbonyl (C=O) groups excluding carboxylic acids is 3. The van der Waals surface area contributed by atoms with Crippen LogP contribution in [0.15, 0.2) is 36.4 Å². The highest BCUT2D eigenvalue weighted by Crippen LogP contribution is 2.36. The molecule has 0 aliphatic heterocycles. The van der Waals surface area contributed by atoms with E-state index in [0.29, 0.717) is 5.02 Å². The third-order valence-corrected chi connectivity index (χ3v) is 4.49. The first kappa shape index (κ1) is 23.3. The Labute approximate surface area is 183 Å². The molecule has 8 nitrogen and oxygen atoms in total. The summed E-state index contributed by atoms with van der Waals surface area (Å²) < 4.78 is 15.2. The van der Waals surface area contributed by atoms with E-state index in [4.69, 9.17) is 43.1 Å². The number of nitrogens with two attached hydrogens (primary N) is 1. The molecule has 2 aromatic carbocycles. The minimum absolute atomic E-state index is 0.0449. The lowest BCUT2D eigenvalue weighted by Crippen LogP contribution is -2.35. The Hall–Kier alpha value is -2.97. The summed E-state index contributed by atoms with van der Waals surface area (Å²) in [4.78, 5) is 37.2. The number of halogens is 2. The van der Waals surface area contributed by atoms with Crippen LogP contribution in [0.5, 0.6) is 11.5 Å². The van der Waals surface area contributed by atoms with Crippen molar-refractivity contribution in [3.63, 3.8) is 0 Å². The third-order valence-electron chi connectivity index (χ3n) is 3.96. The highest BCUT2D eigenvalue weighted by Gasteiger charge is 2.23. The SMILES string of the molecule is COC(=O)CN(Cc1ccc(Cl)cc1)C(=O)c1cc(Cl)c(OCC(N)=O)c(OC)c1. The van der Waals surface area contributed by atoms with Crippen LogP contribution >= 0.6 is 23.2 Å². The number of esters is 1. The molecule has 0 unspecified atom stereocenters. The summed E-state index contributed by atoms with van der Waals surface area (Å²) in [6.07, 6.45) is 0. The van der Waals surface area contributed by atoms with Crippen LogP contribution in [0.1, 0.15) is 15.9 Å². The summed E-state index contributed by atoms with van der Waals surface area (Å²) in [6, 6.07) is 9.61. The Balaban J connectivity index is 2.35. The van der Waals surface area contributed by atoms with Gasteiger partial charge in [-0.15, -0.1) is 0 Å². The van der Waals surface area contributed by atoms with Crippen LogP contribution < -0.4 is 15.2 Å². The monoisotopic (exact) mass is 454 g/mol. The molecule has 2 N–H and O–H groups in total. The summed E-state index contributed by atoms with van der Waals surface area (Å²) in [5.74, 6) is -1.56. The molecule has 30 heavy (non-hydrogen) atoms. The van der Waals surface area contributed by atoms with Gasteiger partial charge >= 0.3 is 5.97 Å². The van der Waals surface area contributed by atoms with Crippen molar-refractivity contribution < 1.29 is 28.6 Å². The molecule has 0 fully saturated rings. The molecule has 0 aromatic heterocycles. The quantitative estimate of drug-likeness (QED) is 0.583. The predicted molar refractivity (Wildman–Crippen MR) is 111 cm³/mol. The van der Waals surface area contributed by atoms with Gasteiger partial charge in [-0.25, -0.2) is 0 Å². The number of nitrogens with zero attached hydrogens (tertiary/aromatic N) is 1. The predicted octanol–water partition coefficient (Wildman–Crippen LogP) is 2.68. The molecular weight excluding hydrogens is 435 g/mol. The number of benzene rings is 2. The number of carbonyl (C=O) groups is 3. The van der Waals surface area contributed by atoms with Crippen molar-refractivity contribution in [2.24, 2.45) is 5.73 Å². The molecule has 2 amide bonds. The van der Waals surface area contributed by atoms with E-state index in [2.05, 4.69) is 0 Å². The first-order valence-corrected chi connectivity index (χ1v) is 9.40. The van der Waals surface area contributed by atoms with Crippen LogP contribution in [0, 0.1) is 0 Å². The smallest absolute Gasteiger partial charge is 0.325 e. The molecule has 2 rings (SSSR count). The third kappa shape index (κ3) is 6.27. The number of hydrogen-bond donors (Lipinski definition) is 1. The Bertz CT molecular complexity index is 934. The Morgan fingerprint density at radius 3 is 2.30 bits per heavy atom. The fourth-order valence-corrected chi connectivity index (χ4v) is 2.93. The lowest BCUT2D eigenvalue weighted by atomic mass is 10.1. The minimum Gasteiger partial charge on any atom is -0.493 e. The Morgan fingerprint density at radius 1 is 1.07 bits per heavy atom. The molecule has 0 radical (unpaired) electrons. The Morgan fingerprint density at radius 2 is 1.73 bits per heavy atom. The van der Waals surface area contributed by atoms with Crippen molar-refractivity contribution in [3.05, 3.63) is 57.6 Å². The zero-order valence-electron chi connectivity index (χ0n) is 16.3. The summed E-state index contributed by atoms with van der Waals surface area (Å²) >= 11 is 12.1. The average Bonchev–Trinajstić information content (AvgIpc) is 2.72. The standard InChI is InChI=1S/C20H20Cl2N2O6/c1-28-16-8-13(7-15(22)19(16)30-11-17(23)25)20(27)24(10-18(26)29-2)9-12-3-5-14(21)6-4-12/h3-8H,9-11H2,1-2H3,(H2,23,25). The van der Waals surface area contributed by atoms with E-state index in [1.54, 1.807) is 24.3 Å². The second-order valence-electron chi connectivity index (χ2n) is 6.11. The number of ether oxygens (including phenoxy) is 3. The van der Waals surface area contributed by atoms with Crippen molar-refractivity contribution in [2.75, 3.05) is 27.4 Å². The van der Waals surface area contributed by atoms with Crippen molar-refractivity contribution in [1.82, 2.24) is 4.90 Å². The fourth-order valence-electron chi connectivity index (χ4n) is 2.54. The molecular formula is C20H20Cl2N2O6. The molecule has 0 heterocycles. The zero-order chi connectivity index (χ0) is 22.3. The van der Waals surface area contributed by atoms with Gasteiger partial charge in [0, 0.05) is 17.1 Å². The largest absolute Gasteiger partial charge is 0.493 e. The summed E-state index contributed by atoms with van der Waals surface area (Å²) in [5, 5.41) is 0.594. The van der Waals surface area contributed by atoms with E-state index >= 15 is 0 Å². The fraction of sp³-hybridized carbons (Fsp3) is 0.250. The van der Waals surface area contributed by atoms with Crippen LogP contribution in [-0.4, -0.2) is 50.1 Å². The second kappa shape index (κ2) is 10.7. The van der Waals surface area contributed by atoms with Gasteiger partial charge in [0.15, 0.2) is 18.1 Å². The highest BCUT2D eigenvalue weighted by atomic mass is 35.5. The molecule has 10 heteroatoms. The van der Waals surface area contributed by atoms with Gasteiger partial charge in [0.1, 0.15) is 6.54 Å². The van der Waals surface area contributed by atoms with E-state index in [1.165, 1.54) is 31.3 Å². The van der Waals surface area contributed by atoms with E-state index in [-0.39, 0.29) is 35.2 Å². The molecule has 0 saturated heterocycles. The molecule has 0 atom stereocenters. The van der Waals surface area contributed by atoms with Crippen molar-refractivity contribution >= 4 is 41.0 Å². The normalized spacial score (nSPS) is 10.3. The molecule has 2 aromatic rings. The first-order valence-electron chi connectivity index (χ1n) is 8.64. The van der Waals surface area contributed by atoms with Gasteiger partial charge in [-0.2, -0.15) is 0 Å². The van der Waals surface area contributed by atoms with Crippen molar-refractivity contribution in [1.29, 1.82) is 0 Å². The molecule has 0 aliphatic carbocycles. The Kier molecular flexibility index (Phi) is 8.32. The van der Waals surface area contributed by atoms with E-state index in [0.717, 1.165) is 5.56 Å². The maximum atomic E-state index is 13.1. The van der Waals surface area contributed by atoms with Crippen LogP contribution in [0.4, 0.5) is 0 Å². The van der Waals surface area contributed by atoms with Crippen molar-refractivity contribution in [2.45, 2.75) is 6.54 Å². The summed E-state index contributed by atoms with van der Waals surface area (Å²) in [7, 11) is 2.59. The van der Waals surface area contributed by atoms with Gasteiger partial charge in [-0.1, -0.05) is 35.3 Å². The highest BCUT2D eigenvalue weighted by molar-refractivity contribution is 6.32. The number of primary amides is 1. The number of amides is 2. The maximum Gasteiger partial charge on any atom is 0.325 e. The lowest BCUT2D eigenvalue weighted by molar-refractivity contribution is -0.141. The van der Waals surface area contributed by atoms with Crippen LogP contribution in [0.2, 0.25) is 10.0 Å². The maximum absolute atomic E-state index is 13.1. The van der Waals surface area contributed by atoms with Gasteiger partial charge in [0.2, 0.25) is 0 Å². The first-order chi connectivity index (χ1) is 14.2. The lowest BCUT2D eigenvalue weighted by Gasteiger charge is -2.22. The molecule has 0 spiro atoms. The second-order valence-corrected chi connectivity index (χ2v) is 6.95. The summed E-state index contributed by atoms with van der Waals surface area (Å²) in [5.41, 5.74) is 6.00. The number of rotatable bonds is 9. The van der Waals surface area contributed by atoms with Gasteiger partial charge in [-0.3, -0.25) is 14.4 Å². The molecule has 0 saturated carbocycles. The molecule has 0 aliphatic rings. The van der Waals surface area contributed by atoms with Gasteiger partial charge < -0.3 is 24.8 Å². The minimum atomic E-state index is -0.694. The van der Waals surface area contributed by atoms with Crippen LogP contribution in [0.3, 0.4) is 0 Å². The van der Waals surface area contributed by atoms with Gasteiger partial charge in [0.05, 0.1) is 19.2 Å². The number of hydrogen-bond acceptors (Lipinski definition) is 6. The number of methoxy groups -OCH3 is 2. The molecule has 160 valence electrons. The van der Waals surface area contributed by atoms with Gasteiger partial charge in [0.25, 0.3) is 11.8 Å². The van der Waals surface area contributed by atoms with E-state index in [1.807, 2.05) is 0 Å². The van der Waals surface area contributed by atoms with E-state index in [9.17, 15) is 14.4 Å². The van der Waals surface area contributed by atoms with Gasteiger partial charge in [-0.05, 0) is 29.8 Å². The zero-order valence-corrected chi connectivity index (χ0v) is 17.8. The molecule has 0 bridgehead atoms. The van der Waals surface area contributed by atoms with Crippen LogP contribution in [0.25, 0.3) is 0 Å². The van der Waals surface area contributed by atoms with Crippen LogP contribution in [-0.2, 0) is 20.9 Å². The topological polar surface area (TPSA) is 108 Å². The average molecular weight is 455 g/mol.